The van der Waals surface area contributed by atoms with Crippen molar-refractivity contribution in [1.82, 2.24) is 14.1 Å². The van der Waals surface area contributed by atoms with E-state index < -0.39 is 10.0 Å². The number of halogens is 1. The van der Waals surface area contributed by atoms with Crippen molar-refractivity contribution in [3.63, 3.8) is 0 Å². The number of amides is 2. The number of carbonyl (C=O) groups is 2. The standard InChI is InChI=1S/C29H35FN4O5S2/c1-22-11-18-40-28(22)20-33(19-24-3-5-25(30)6-4-24)29(36)21-34(13-12-32-14-16-39-17-15-32)41(37,38)27-9-7-26(8-10-27)31-23(2)35/h3-11,18H,12-17,19-21H2,1-2H3,(H,31,35). The molecule has 1 aromatic heterocycles. The van der Waals surface area contributed by atoms with E-state index in [2.05, 4.69) is 10.2 Å². The molecule has 3 aromatic rings. The molecule has 0 unspecified atom stereocenters. The third-order valence-electron chi connectivity index (χ3n) is 6.84. The molecule has 2 heterocycles. The van der Waals surface area contributed by atoms with Crippen LogP contribution in [0.3, 0.4) is 0 Å². The van der Waals surface area contributed by atoms with Crippen molar-refractivity contribution >= 4 is 38.9 Å². The van der Waals surface area contributed by atoms with Crippen molar-refractivity contribution in [2.45, 2.75) is 31.8 Å². The van der Waals surface area contributed by atoms with Crippen molar-refractivity contribution in [3.05, 3.63) is 81.8 Å². The van der Waals surface area contributed by atoms with Crippen LogP contribution in [0.15, 0.2) is 64.9 Å². The molecule has 1 saturated heterocycles. The number of aryl methyl sites for hydroxylation is 1. The molecule has 0 bridgehead atoms. The molecule has 1 N–H and O–H groups in total. The first kappa shape index (κ1) is 30.8. The van der Waals surface area contributed by atoms with Crippen LogP contribution < -0.4 is 5.32 Å². The Labute approximate surface area is 244 Å². The smallest absolute Gasteiger partial charge is 0.243 e. The van der Waals surface area contributed by atoms with Crippen LogP contribution in [0.1, 0.15) is 22.9 Å². The first-order valence-electron chi connectivity index (χ1n) is 13.3. The Morgan fingerprint density at radius 2 is 1.71 bits per heavy atom. The van der Waals surface area contributed by atoms with E-state index in [0.29, 0.717) is 45.1 Å². The summed E-state index contributed by atoms with van der Waals surface area (Å²) >= 11 is 1.53. The summed E-state index contributed by atoms with van der Waals surface area (Å²) in [6.45, 7) is 6.57. The lowest BCUT2D eigenvalue weighted by atomic mass is 10.2. The highest BCUT2D eigenvalue weighted by Crippen LogP contribution is 2.22. The number of thiophene rings is 1. The van der Waals surface area contributed by atoms with Gasteiger partial charge in [-0.05, 0) is 65.9 Å². The average Bonchev–Trinajstić information content (AvgIpc) is 3.36. The van der Waals surface area contributed by atoms with Gasteiger partial charge in [0.1, 0.15) is 5.82 Å². The molecule has 1 fully saturated rings. The minimum atomic E-state index is -4.06. The molecule has 1 aliphatic heterocycles. The van der Waals surface area contributed by atoms with Gasteiger partial charge in [0, 0.05) is 50.2 Å². The lowest BCUT2D eigenvalue weighted by Gasteiger charge is -2.31. The van der Waals surface area contributed by atoms with Crippen LogP contribution in [0.25, 0.3) is 0 Å². The van der Waals surface area contributed by atoms with Crippen molar-refractivity contribution in [1.29, 1.82) is 0 Å². The Morgan fingerprint density at radius 1 is 1.02 bits per heavy atom. The Morgan fingerprint density at radius 3 is 2.32 bits per heavy atom. The van der Waals surface area contributed by atoms with Crippen LogP contribution in [-0.2, 0) is 37.4 Å². The second-order valence-corrected chi connectivity index (χ2v) is 12.8. The second-order valence-electron chi connectivity index (χ2n) is 9.90. The van der Waals surface area contributed by atoms with E-state index >= 15 is 0 Å². The summed E-state index contributed by atoms with van der Waals surface area (Å²) in [6, 6.07) is 13.8. The highest BCUT2D eigenvalue weighted by Gasteiger charge is 2.30. The van der Waals surface area contributed by atoms with E-state index in [4.69, 9.17) is 4.74 Å². The molecule has 9 nitrogen and oxygen atoms in total. The Bertz CT molecular complexity index is 1420. The predicted molar refractivity (Wildman–Crippen MR) is 156 cm³/mol. The molecule has 0 aliphatic carbocycles. The van der Waals surface area contributed by atoms with Crippen molar-refractivity contribution < 1.29 is 27.1 Å². The lowest BCUT2D eigenvalue weighted by molar-refractivity contribution is -0.132. The van der Waals surface area contributed by atoms with E-state index in [1.807, 2.05) is 18.4 Å². The molecule has 220 valence electrons. The third kappa shape index (κ3) is 8.66. The van der Waals surface area contributed by atoms with E-state index in [1.165, 1.54) is 59.0 Å². The summed E-state index contributed by atoms with van der Waals surface area (Å²) < 4.78 is 47.9. The maximum atomic E-state index is 13.8. The zero-order chi connectivity index (χ0) is 29.4. The largest absolute Gasteiger partial charge is 0.379 e. The summed E-state index contributed by atoms with van der Waals surface area (Å²) in [4.78, 5) is 30.0. The van der Waals surface area contributed by atoms with Gasteiger partial charge in [0.05, 0.1) is 31.2 Å². The summed E-state index contributed by atoms with van der Waals surface area (Å²) in [5, 5.41) is 4.58. The summed E-state index contributed by atoms with van der Waals surface area (Å²) in [6.07, 6.45) is 0. The van der Waals surface area contributed by atoms with E-state index in [0.717, 1.165) is 16.0 Å². The fourth-order valence-electron chi connectivity index (χ4n) is 4.46. The zero-order valence-corrected chi connectivity index (χ0v) is 24.8. The summed E-state index contributed by atoms with van der Waals surface area (Å²) in [7, 11) is -4.06. The summed E-state index contributed by atoms with van der Waals surface area (Å²) in [5.74, 6) is -0.992. The van der Waals surface area contributed by atoms with Gasteiger partial charge in [-0.2, -0.15) is 4.31 Å². The summed E-state index contributed by atoms with van der Waals surface area (Å²) in [5.41, 5.74) is 2.26. The highest BCUT2D eigenvalue weighted by atomic mass is 32.2. The zero-order valence-electron chi connectivity index (χ0n) is 23.2. The number of morpholine rings is 1. The minimum Gasteiger partial charge on any atom is -0.379 e. The number of hydrogen-bond donors (Lipinski definition) is 1. The van der Waals surface area contributed by atoms with E-state index in [9.17, 15) is 22.4 Å². The molecular weight excluding hydrogens is 567 g/mol. The molecule has 4 rings (SSSR count). The second kappa shape index (κ2) is 14.1. The van der Waals surface area contributed by atoms with Crippen LogP contribution in [0.2, 0.25) is 0 Å². The van der Waals surface area contributed by atoms with Crippen molar-refractivity contribution in [2.75, 3.05) is 51.3 Å². The Balaban J connectivity index is 1.59. The van der Waals surface area contributed by atoms with Gasteiger partial charge in [-0.3, -0.25) is 14.5 Å². The fourth-order valence-corrected chi connectivity index (χ4v) is 6.76. The topological polar surface area (TPSA) is 99.3 Å². The quantitative estimate of drug-likeness (QED) is 0.340. The van der Waals surface area contributed by atoms with Gasteiger partial charge in [-0.1, -0.05) is 12.1 Å². The minimum absolute atomic E-state index is 0.0283. The van der Waals surface area contributed by atoms with Crippen LogP contribution in [0, 0.1) is 12.7 Å². The van der Waals surface area contributed by atoms with E-state index in [1.54, 1.807) is 17.0 Å². The van der Waals surface area contributed by atoms with Crippen LogP contribution >= 0.6 is 11.3 Å². The molecule has 2 amide bonds. The van der Waals surface area contributed by atoms with Crippen molar-refractivity contribution in [3.8, 4) is 0 Å². The van der Waals surface area contributed by atoms with Gasteiger partial charge in [-0.15, -0.1) is 11.3 Å². The van der Waals surface area contributed by atoms with Gasteiger partial charge in [-0.25, -0.2) is 12.8 Å². The maximum absolute atomic E-state index is 13.8. The number of nitrogens with one attached hydrogen (secondary N) is 1. The van der Waals surface area contributed by atoms with Gasteiger partial charge >= 0.3 is 0 Å². The number of sulfonamides is 1. The van der Waals surface area contributed by atoms with Gasteiger partial charge in [0.2, 0.25) is 21.8 Å². The average molecular weight is 603 g/mol. The molecule has 0 atom stereocenters. The SMILES string of the molecule is CC(=O)Nc1ccc(S(=O)(=O)N(CCN2CCOCC2)CC(=O)N(Cc2ccc(F)cc2)Cc2sccc2C)cc1. The molecule has 12 heteroatoms. The van der Waals surface area contributed by atoms with Crippen LogP contribution in [0.5, 0.6) is 0 Å². The number of ether oxygens (including phenoxy) is 1. The number of hydrogen-bond acceptors (Lipinski definition) is 7. The molecule has 0 saturated carbocycles. The van der Waals surface area contributed by atoms with Crippen LogP contribution in [0.4, 0.5) is 10.1 Å². The maximum Gasteiger partial charge on any atom is 0.243 e. The number of benzene rings is 2. The lowest BCUT2D eigenvalue weighted by Crippen LogP contribution is -2.47. The number of rotatable bonds is 12. The van der Waals surface area contributed by atoms with Gasteiger partial charge in [0.15, 0.2) is 0 Å². The normalized spacial score (nSPS) is 14.2. The molecule has 41 heavy (non-hydrogen) atoms. The first-order chi connectivity index (χ1) is 19.6. The number of nitrogens with zero attached hydrogens (tertiary/aromatic N) is 3. The number of anilines is 1. The third-order valence-corrected chi connectivity index (χ3v) is 9.70. The van der Waals surface area contributed by atoms with Gasteiger partial charge in [0.25, 0.3) is 0 Å². The van der Waals surface area contributed by atoms with Crippen molar-refractivity contribution in [2.24, 2.45) is 0 Å². The molecule has 0 radical (unpaired) electrons. The molecular formula is C29H35FN4O5S2. The Kier molecular flexibility index (Phi) is 10.6. The predicted octanol–water partition coefficient (Wildman–Crippen LogP) is 3.71. The van der Waals surface area contributed by atoms with Gasteiger partial charge < -0.3 is 15.0 Å². The molecule has 2 aromatic carbocycles. The fraction of sp³-hybridized carbons (Fsp3) is 0.379. The monoisotopic (exact) mass is 602 g/mol. The number of carbonyl (C=O) groups excluding carboxylic acids is 2. The first-order valence-corrected chi connectivity index (χ1v) is 15.7. The van der Waals surface area contributed by atoms with E-state index in [-0.39, 0.29) is 42.2 Å². The molecule has 0 spiro atoms. The Hall–Kier alpha value is -3.16. The van der Waals surface area contributed by atoms with Crippen LogP contribution in [-0.4, -0.2) is 80.3 Å². The molecule has 1 aliphatic rings. The highest BCUT2D eigenvalue weighted by molar-refractivity contribution is 7.89.